The molecule has 0 aliphatic heterocycles. The highest BCUT2D eigenvalue weighted by atomic mass is 35.5. The number of carbonyl (C=O) groups is 2. The number of carboxylic acids is 1. The summed E-state index contributed by atoms with van der Waals surface area (Å²) in [6.45, 7) is 1.41. The zero-order valence-electron chi connectivity index (χ0n) is 14.2. The second kappa shape index (κ2) is 7.40. The topological polar surface area (TPSA) is 71.7 Å². The summed E-state index contributed by atoms with van der Waals surface area (Å²) in [4.78, 5) is 27.9. The van der Waals surface area contributed by atoms with Gasteiger partial charge in [-0.3, -0.25) is 4.79 Å². The quantitative estimate of drug-likeness (QED) is 0.653. The Labute approximate surface area is 165 Å². The maximum Gasteiger partial charge on any atom is 0.416 e. The number of rotatable bonds is 3. The SMILES string of the molecule is CC(C(=O)O)n1/c(=N/C(=O)c2cccc(C(F)(F)F)c2)sc2ccc(Cl)cc21. The van der Waals surface area contributed by atoms with Crippen molar-refractivity contribution in [2.24, 2.45) is 4.99 Å². The van der Waals surface area contributed by atoms with Gasteiger partial charge in [-0.1, -0.05) is 29.0 Å². The van der Waals surface area contributed by atoms with Crippen LogP contribution in [0, 0.1) is 0 Å². The average Bonchev–Trinajstić information content (AvgIpc) is 2.97. The van der Waals surface area contributed by atoms with Gasteiger partial charge in [0, 0.05) is 10.6 Å². The van der Waals surface area contributed by atoms with Crippen LogP contribution in [0.25, 0.3) is 10.2 Å². The Kier molecular flexibility index (Phi) is 5.31. The second-order valence-corrected chi connectivity index (χ2v) is 7.32. The predicted molar refractivity (Wildman–Crippen MR) is 98.5 cm³/mol. The lowest BCUT2D eigenvalue weighted by Crippen LogP contribution is -2.25. The van der Waals surface area contributed by atoms with Crippen LogP contribution in [-0.4, -0.2) is 21.6 Å². The smallest absolute Gasteiger partial charge is 0.416 e. The van der Waals surface area contributed by atoms with Crippen molar-refractivity contribution in [3.63, 3.8) is 0 Å². The van der Waals surface area contributed by atoms with Crippen molar-refractivity contribution in [3.05, 3.63) is 63.4 Å². The molecule has 2 aromatic carbocycles. The van der Waals surface area contributed by atoms with E-state index in [0.29, 0.717) is 21.3 Å². The molecule has 0 saturated heterocycles. The van der Waals surface area contributed by atoms with Crippen LogP contribution in [-0.2, 0) is 11.0 Å². The molecule has 0 fully saturated rings. The molecule has 1 aromatic heterocycles. The lowest BCUT2D eigenvalue weighted by atomic mass is 10.1. The molecule has 146 valence electrons. The standard InChI is InChI=1S/C18H12ClF3N2O3S/c1-9(16(26)27)24-13-8-12(19)5-6-14(13)28-17(24)23-15(25)10-3-2-4-11(7-10)18(20,21)22/h2-9H,1H3,(H,26,27)/b23-17-. The summed E-state index contributed by atoms with van der Waals surface area (Å²) in [5, 5.41) is 9.75. The minimum atomic E-state index is -4.59. The van der Waals surface area contributed by atoms with E-state index >= 15 is 0 Å². The number of fused-ring (bicyclic) bond motifs is 1. The van der Waals surface area contributed by atoms with Crippen LogP contribution in [0.4, 0.5) is 13.2 Å². The Morgan fingerprint density at radius 3 is 2.57 bits per heavy atom. The number of hydrogen-bond acceptors (Lipinski definition) is 3. The third kappa shape index (κ3) is 3.95. The van der Waals surface area contributed by atoms with Gasteiger partial charge in [0.2, 0.25) is 0 Å². The molecular weight excluding hydrogens is 417 g/mol. The third-order valence-electron chi connectivity index (χ3n) is 3.97. The number of nitrogens with zero attached hydrogens (tertiary/aromatic N) is 2. The van der Waals surface area contributed by atoms with Gasteiger partial charge in [-0.15, -0.1) is 0 Å². The molecule has 0 saturated carbocycles. The van der Waals surface area contributed by atoms with Gasteiger partial charge in [-0.25, -0.2) is 4.79 Å². The van der Waals surface area contributed by atoms with E-state index in [9.17, 15) is 27.9 Å². The summed E-state index contributed by atoms with van der Waals surface area (Å²) in [6.07, 6.45) is -4.59. The number of thiazole rings is 1. The number of carboxylic acid groups (broad SMARTS) is 1. The highest BCUT2D eigenvalue weighted by Gasteiger charge is 2.31. The first-order chi connectivity index (χ1) is 13.1. The number of benzene rings is 2. The number of hydrogen-bond donors (Lipinski definition) is 1. The molecule has 10 heteroatoms. The van der Waals surface area contributed by atoms with Crippen LogP contribution in [0.3, 0.4) is 0 Å². The van der Waals surface area contributed by atoms with Crippen molar-refractivity contribution in [1.29, 1.82) is 0 Å². The first kappa shape index (κ1) is 20.1. The molecule has 1 atom stereocenters. The first-order valence-electron chi connectivity index (χ1n) is 7.87. The van der Waals surface area contributed by atoms with Crippen LogP contribution in [0.15, 0.2) is 47.5 Å². The summed E-state index contributed by atoms with van der Waals surface area (Å²) in [7, 11) is 0. The molecule has 5 nitrogen and oxygen atoms in total. The predicted octanol–water partition coefficient (Wildman–Crippen LogP) is 4.76. The van der Waals surface area contributed by atoms with Crippen LogP contribution in [0.5, 0.6) is 0 Å². The molecule has 28 heavy (non-hydrogen) atoms. The lowest BCUT2D eigenvalue weighted by molar-refractivity contribution is -0.140. The first-order valence-corrected chi connectivity index (χ1v) is 9.07. The van der Waals surface area contributed by atoms with Crippen molar-refractivity contribution >= 4 is 45.0 Å². The number of carbonyl (C=O) groups excluding carboxylic acids is 1. The second-order valence-electron chi connectivity index (χ2n) is 5.88. The molecule has 0 radical (unpaired) electrons. The number of aromatic nitrogens is 1. The van der Waals surface area contributed by atoms with Gasteiger partial charge >= 0.3 is 12.1 Å². The Morgan fingerprint density at radius 2 is 1.93 bits per heavy atom. The summed E-state index contributed by atoms with van der Waals surface area (Å²) >= 11 is 7.03. The molecule has 0 spiro atoms. The Hall–Kier alpha value is -2.65. The summed E-state index contributed by atoms with van der Waals surface area (Å²) < 4.78 is 40.6. The molecule has 0 bridgehead atoms. The monoisotopic (exact) mass is 428 g/mol. The van der Waals surface area contributed by atoms with E-state index in [1.54, 1.807) is 18.2 Å². The molecular formula is C18H12ClF3N2O3S. The van der Waals surface area contributed by atoms with E-state index in [1.165, 1.54) is 17.6 Å². The maximum absolute atomic E-state index is 12.9. The van der Waals surface area contributed by atoms with E-state index < -0.39 is 29.7 Å². The van der Waals surface area contributed by atoms with Crippen molar-refractivity contribution in [2.45, 2.75) is 19.1 Å². The number of alkyl halides is 3. The van der Waals surface area contributed by atoms with Crippen LogP contribution in [0.2, 0.25) is 5.02 Å². The molecule has 1 heterocycles. The van der Waals surface area contributed by atoms with Gasteiger partial charge in [-0.05, 0) is 43.3 Å². The largest absolute Gasteiger partial charge is 0.480 e. The lowest BCUT2D eigenvalue weighted by Gasteiger charge is -2.10. The van der Waals surface area contributed by atoms with Crippen molar-refractivity contribution < 1.29 is 27.9 Å². The average molecular weight is 429 g/mol. The van der Waals surface area contributed by atoms with E-state index in [4.69, 9.17) is 11.6 Å². The van der Waals surface area contributed by atoms with Crippen molar-refractivity contribution in [1.82, 2.24) is 4.57 Å². The van der Waals surface area contributed by atoms with Crippen molar-refractivity contribution in [3.8, 4) is 0 Å². The normalized spacial score (nSPS) is 13.7. The fourth-order valence-corrected chi connectivity index (χ4v) is 3.80. The van der Waals surface area contributed by atoms with Gasteiger partial charge in [0.25, 0.3) is 5.91 Å². The van der Waals surface area contributed by atoms with Gasteiger partial charge in [0.15, 0.2) is 4.80 Å². The maximum atomic E-state index is 12.9. The Balaban J connectivity index is 2.18. The molecule has 1 N–H and O–H groups in total. The van der Waals surface area contributed by atoms with Gasteiger partial charge in [0.05, 0.1) is 15.8 Å². The van der Waals surface area contributed by atoms with E-state index in [1.807, 2.05) is 0 Å². The number of amides is 1. The van der Waals surface area contributed by atoms with Crippen LogP contribution in [0.1, 0.15) is 28.9 Å². The highest BCUT2D eigenvalue weighted by Crippen LogP contribution is 2.30. The molecule has 3 rings (SSSR count). The molecule has 1 unspecified atom stereocenters. The van der Waals surface area contributed by atoms with Crippen LogP contribution >= 0.6 is 22.9 Å². The minimum absolute atomic E-state index is 0.0505. The highest BCUT2D eigenvalue weighted by molar-refractivity contribution is 7.16. The molecule has 1 amide bonds. The Morgan fingerprint density at radius 1 is 1.21 bits per heavy atom. The Bertz CT molecular complexity index is 1150. The van der Waals surface area contributed by atoms with Gasteiger partial charge in [-0.2, -0.15) is 18.2 Å². The zero-order valence-corrected chi connectivity index (χ0v) is 15.8. The number of aliphatic carboxylic acids is 1. The number of halogens is 4. The summed E-state index contributed by atoms with van der Waals surface area (Å²) in [5.41, 5.74) is -0.758. The van der Waals surface area contributed by atoms with Crippen LogP contribution < -0.4 is 4.80 Å². The summed E-state index contributed by atoms with van der Waals surface area (Å²) in [5.74, 6) is -2.07. The van der Waals surface area contributed by atoms with E-state index in [-0.39, 0.29) is 10.4 Å². The van der Waals surface area contributed by atoms with Gasteiger partial charge < -0.3 is 9.67 Å². The fourth-order valence-electron chi connectivity index (χ4n) is 2.56. The van der Waals surface area contributed by atoms with E-state index in [0.717, 1.165) is 23.5 Å². The minimum Gasteiger partial charge on any atom is -0.480 e. The molecule has 0 aliphatic carbocycles. The fraction of sp³-hybridized carbons (Fsp3) is 0.167. The van der Waals surface area contributed by atoms with E-state index in [2.05, 4.69) is 4.99 Å². The third-order valence-corrected chi connectivity index (χ3v) is 5.24. The molecule has 3 aromatic rings. The van der Waals surface area contributed by atoms with Gasteiger partial charge in [0.1, 0.15) is 6.04 Å². The molecule has 0 aliphatic rings. The van der Waals surface area contributed by atoms with Crippen molar-refractivity contribution in [2.75, 3.05) is 0 Å². The summed E-state index contributed by atoms with van der Waals surface area (Å²) in [6, 6.07) is 7.63. The zero-order chi connectivity index (χ0) is 20.6.